The summed E-state index contributed by atoms with van der Waals surface area (Å²) in [4.78, 5) is 22.2. The minimum atomic E-state index is -0.323. The highest BCUT2D eigenvalue weighted by Crippen LogP contribution is 2.25. The van der Waals surface area contributed by atoms with Gasteiger partial charge >= 0.3 is 0 Å². The first-order valence-electron chi connectivity index (χ1n) is 4.97. The molecule has 0 spiro atoms. The lowest BCUT2D eigenvalue weighted by Crippen LogP contribution is -2.15. The second kappa shape index (κ2) is 5.30. The van der Waals surface area contributed by atoms with Gasteiger partial charge in [-0.25, -0.2) is 0 Å². The molecule has 16 heavy (non-hydrogen) atoms. The average molecular weight is 221 g/mol. The fourth-order valence-corrected chi connectivity index (χ4v) is 1.34. The van der Waals surface area contributed by atoms with Crippen LogP contribution in [-0.2, 0) is 9.59 Å². The molecule has 0 aromatic heterocycles. The number of hydrogen-bond donors (Lipinski definition) is 1. The maximum atomic E-state index is 11.4. The van der Waals surface area contributed by atoms with E-state index < -0.39 is 0 Å². The first-order valence-corrected chi connectivity index (χ1v) is 4.97. The number of benzene rings is 1. The van der Waals surface area contributed by atoms with Gasteiger partial charge in [0.1, 0.15) is 11.5 Å². The van der Waals surface area contributed by atoms with Gasteiger partial charge in [0.25, 0.3) is 0 Å². The number of carbonyl (C=O) groups is 2. The fraction of sp³-hybridized carbons (Fsp3) is 0.333. The number of anilines is 1. The van der Waals surface area contributed by atoms with E-state index in [1.54, 1.807) is 12.1 Å². The van der Waals surface area contributed by atoms with Gasteiger partial charge < -0.3 is 10.1 Å². The smallest absolute Gasteiger partial charge is 0.231 e. The van der Waals surface area contributed by atoms with Crippen molar-refractivity contribution in [2.75, 3.05) is 12.4 Å². The van der Waals surface area contributed by atoms with Crippen molar-refractivity contribution < 1.29 is 14.3 Å². The number of carbonyl (C=O) groups excluding carboxylic acids is 2. The molecule has 0 bridgehead atoms. The van der Waals surface area contributed by atoms with Gasteiger partial charge in [-0.05, 0) is 31.5 Å². The van der Waals surface area contributed by atoms with Gasteiger partial charge in [0.15, 0.2) is 0 Å². The third kappa shape index (κ3) is 3.38. The van der Waals surface area contributed by atoms with Crippen LogP contribution < -0.4 is 10.1 Å². The first-order chi connectivity index (χ1) is 7.52. The number of hydrogen-bond acceptors (Lipinski definition) is 3. The summed E-state index contributed by atoms with van der Waals surface area (Å²) in [6, 6.07) is 5.47. The van der Waals surface area contributed by atoms with Crippen molar-refractivity contribution in [2.45, 2.75) is 20.3 Å². The molecule has 0 aliphatic rings. The Bertz CT molecular complexity index is 413. The molecule has 0 atom stereocenters. The van der Waals surface area contributed by atoms with Crippen LogP contribution >= 0.6 is 0 Å². The second-order valence-corrected chi connectivity index (χ2v) is 3.63. The summed E-state index contributed by atoms with van der Waals surface area (Å²) in [5.41, 5.74) is 1.60. The third-order valence-electron chi connectivity index (χ3n) is 2.04. The molecule has 1 amide bonds. The van der Waals surface area contributed by atoms with Gasteiger partial charge in [0, 0.05) is 0 Å². The predicted octanol–water partition coefficient (Wildman–Crippen LogP) is 1.92. The Balaban J connectivity index is 2.83. The average Bonchev–Trinajstić information content (AvgIpc) is 2.16. The van der Waals surface area contributed by atoms with Crippen molar-refractivity contribution in [3.05, 3.63) is 23.8 Å². The molecule has 0 heterocycles. The molecule has 0 aliphatic heterocycles. The largest absolute Gasteiger partial charge is 0.495 e. The Morgan fingerprint density at radius 3 is 2.62 bits per heavy atom. The minimum Gasteiger partial charge on any atom is -0.495 e. The van der Waals surface area contributed by atoms with Crippen LogP contribution in [-0.4, -0.2) is 18.8 Å². The van der Waals surface area contributed by atoms with Gasteiger partial charge in [-0.1, -0.05) is 6.07 Å². The van der Waals surface area contributed by atoms with E-state index in [1.807, 2.05) is 13.0 Å². The third-order valence-corrected chi connectivity index (χ3v) is 2.04. The summed E-state index contributed by atoms with van der Waals surface area (Å²) in [5, 5.41) is 2.65. The highest BCUT2D eigenvalue weighted by atomic mass is 16.5. The molecule has 4 nitrogen and oxygen atoms in total. The Morgan fingerprint density at radius 1 is 1.38 bits per heavy atom. The molecule has 0 aliphatic carbocycles. The minimum absolute atomic E-state index is 0.114. The van der Waals surface area contributed by atoms with E-state index in [0.29, 0.717) is 11.4 Å². The van der Waals surface area contributed by atoms with E-state index in [9.17, 15) is 9.59 Å². The lowest BCUT2D eigenvalue weighted by Gasteiger charge is -2.10. The zero-order valence-electron chi connectivity index (χ0n) is 9.66. The number of amides is 1. The highest BCUT2D eigenvalue weighted by Gasteiger charge is 2.09. The van der Waals surface area contributed by atoms with E-state index in [0.717, 1.165) is 5.56 Å². The SMILES string of the molecule is COc1ccc(C)cc1NC(=O)CC(C)=O. The molecule has 0 fully saturated rings. The molecule has 4 heteroatoms. The van der Waals surface area contributed by atoms with Crippen molar-refractivity contribution in [1.29, 1.82) is 0 Å². The quantitative estimate of drug-likeness (QED) is 0.790. The van der Waals surface area contributed by atoms with Crippen LogP contribution in [0.1, 0.15) is 18.9 Å². The van der Waals surface area contributed by atoms with Crippen LogP contribution in [0, 0.1) is 6.92 Å². The van der Waals surface area contributed by atoms with Gasteiger partial charge in [-0.15, -0.1) is 0 Å². The molecule has 1 N–H and O–H groups in total. The van der Waals surface area contributed by atoms with Crippen molar-refractivity contribution in [3.8, 4) is 5.75 Å². The van der Waals surface area contributed by atoms with Gasteiger partial charge in [-0.2, -0.15) is 0 Å². The van der Waals surface area contributed by atoms with E-state index in [-0.39, 0.29) is 18.1 Å². The molecular formula is C12H15NO3. The summed E-state index contributed by atoms with van der Waals surface area (Å²) >= 11 is 0. The van der Waals surface area contributed by atoms with Crippen LogP contribution in [0.2, 0.25) is 0 Å². The molecule has 0 unspecified atom stereocenters. The number of aryl methyl sites for hydroxylation is 1. The van der Waals surface area contributed by atoms with Crippen molar-refractivity contribution in [2.24, 2.45) is 0 Å². The number of nitrogens with one attached hydrogen (secondary N) is 1. The van der Waals surface area contributed by atoms with Crippen LogP contribution in [0.15, 0.2) is 18.2 Å². The monoisotopic (exact) mass is 221 g/mol. The number of ether oxygens (including phenoxy) is 1. The standard InChI is InChI=1S/C12H15NO3/c1-8-4-5-11(16-3)10(6-8)13-12(15)7-9(2)14/h4-6H,7H2,1-3H3,(H,13,15). The highest BCUT2D eigenvalue weighted by molar-refractivity contribution is 6.04. The van der Waals surface area contributed by atoms with Gasteiger partial charge in [-0.3, -0.25) is 9.59 Å². The second-order valence-electron chi connectivity index (χ2n) is 3.63. The molecular weight excluding hydrogens is 206 g/mol. The van der Waals surface area contributed by atoms with Gasteiger partial charge in [0.2, 0.25) is 5.91 Å². The molecule has 0 saturated carbocycles. The number of Topliss-reactive ketones (excluding diaryl/α,β-unsaturated/α-hetero) is 1. The fourth-order valence-electron chi connectivity index (χ4n) is 1.34. The normalized spacial score (nSPS) is 9.69. The van der Waals surface area contributed by atoms with Crippen molar-refractivity contribution >= 4 is 17.4 Å². The van der Waals surface area contributed by atoms with E-state index >= 15 is 0 Å². The topological polar surface area (TPSA) is 55.4 Å². The number of methoxy groups -OCH3 is 1. The zero-order chi connectivity index (χ0) is 12.1. The summed E-state index contributed by atoms with van der Waals surface area (Å²) in [6.07, 6.45) is -0.114. The number of rotatable bonds is 4. The first kappa shape index (κ1) is 12.2. The van der Waals surface area contributed by atoms with Crippen LogP contribution in [0.4, 0.5) is 5.69 Å². The van der Waals surface area contributed by atoms with Crippen LogP contribution in [0.5, 0.6) is 5.75 Å². The molecule has 1 aromatic carbocycles. The summed E-state index contributed by atoms with van der Waals surface area (Å²) < 4.78 is 5.11. The molecule has 1 rings (SSSR count). The molecule has 86 valence electrons. The van der Waals surface area contributed by atoms with Crippen LogP contribution in [0.25, 0.3) is 0 Å². The Morgan fingerprint density at radius 2 is 2.06 bits per heavy atom. The maximum absolute atomic E-state index is 11.4. The van der Waals surface area contributed by atoms with Crippen molar-refractivity contribution in [1.82, 2.24) is 0 Å². The Kier molecular flexibility index (Phi) is 4.05. The maximum Gasteiger partial charge on any atom is 0.231 e. The zero-order valence-corrected chi connectivity index (χ0v) is 9.66. The lowest BCUT2D eigenvalue weighted by molar-refractivity contribution is -0.124. The van der Waals surface area contributed by atoms with Crippen LogP contribution in [0.3, 0.4) is 0 Å². The van der Waals surface area contributed by atoms with Crippen molar-refractivity contribution in [3.63, 3.8) is 0 Å². The van der Waals surface area contributed by atoms with E-state index in [2.05, 4.69) is 5.32 Å². The number of ketones is 1. The molecule has 0 radical (unpaired) electrons. The molecule has 1 aromatic rings. The summed E-state index contributed by atoms with van der Waals surface area (Å²) in [7, 11) is 1.53. The summed E-state index contributed by atoms with van der Waals surface area (Å²) in [6.45, 7) is 3.30. The Labute approximate surface area is 94.6 Å². The van der Waals surface area contributed by atoms with E-state index in [1.165, 1.54) is 14.0 Å². The summed E-state index contributed by atoms with van der Waals surface area (Å²) in [5.74, 6) is 0.100. The van der Waals surface area contributed by atoms with Gasteiger partial charge in [0.05, 0.1) is 19.2 Å². The predicted molar refractivity (Wildman–Crippen MR) is 61.7 cm³/mol. The Hall–Kier alpha value is -1.84. The lowest BCUT2D eigenvalue weighted by atomic mass is 10.2. The van der Waals surface area contributed by atoms with E-state index in [4.69, 9.17) is 4.74 Å². The molecule has 0 saturated heterocycles.